The zero-order chi connectivity index (χ0) is 10.6. The minimum absolute atomic E-state index is 0.0107. The van der Waals surface area contributed by atoms with Crippen LogP contribution in [0.25, 0.3) is 0 Å². The minimum atomic E-state index is -3.60. The maximum Gasteiger partial charge on any atom is 0.323 e. The maximum atomic E-state index is 13.8. The first kappa shape index (κ1) is 9.55. The molecule has 78 valence electrons. The molecule has 0 radical (unpaired) electrons. The molecule has 3 unspecified atom stereocenters. The summed E-state index contributed by atoms with van der Waals surface area (Å²) < 4.78 is 44.6. The van der Waals surface area contributed by atoms with E-state index in [1.807, 2.05) is 0 Å². The van der Waals surface area contributed by atoms with Crippen molar-refractivity contribution in [3.63, 3.8) is 0 Å². The van der Waals surface area contributed by atoms with E-state index in [9.17, 15) is 18.0 Å². The normalized spacial score (nSPS) is 42.9. The number of carbonyl (C=O) groups excluding carboxylic acids is 1. The van der Waals surface area contributed by atoms with Crippen LogP contribution < -0.4 is 0 Å². The lowest BCUT2D eigenvalue weighted by molar-refractivity contribution is -0.270. The summed E-state index contributed by atoms with van der Waals surface area (Å²) in [5.41, 5.74) is 0. The molecule has 3 atom stereocenters. The van der Waals surface area contributed by atoms with Gasteiger partial charge in [-0.2, -0.15) is 13.2 Å². The topological polar surface area (TPSA) is 26.3 Å². The Balaban J connectivity index is 2.35. The summed E-state index contributed by atoms with van der Waals surface area (Å²) in [6.07, 6.45) is 2.65. The average molecular weight is 206 g/mol. The Kier molecular flexibility index (Phi) is 1.72. The molecule has 1 saturated carbocycles. The van der Waals surface area contributed by atoms with Crippen LogP contribution in [0.15, 0.2) is 12.2 Å². The Hall–Kier alpha value is -1.00. The van der Waals surface area contributed by atoms with Gasteiger partial charge in [-0.25, -0.2) is 0 Å². The van der Waals surface area contributed by atoms with E-state index in [0.29, 0.717) is 0 Å². The zero-order valence-electron chi connectivity index (χ0n) is 7.47. The largest absolute Gasteiger partial charge is 0.421 e. The van der Waals surface area contributed by atoms with Crippen molar-refractivity contribution in [2.24, 2.45) is 11.8 Å². The summed E-state index contributed by atoms with van der Waals surface area (Å²) in [6.45, 7) is 0.924. The van der Waals surface area contributed by atoms with Gasteiger partial charge in [0.1, 0.15) is 0 Å². The molecule has 2 aliphatic rings. The van der Waals surface area contributed by atoms with Crippen molar-refractivity contribution in [3.05, 3.63) is 12.2 Å². The highest BCUT2D eigenvalue weighted by atomic mass is 19.3. The molecule has 2 bridgehead atoms. The van der Waals surface area contributed by atoms with Crippen LogP contribution in [-0.2, 0) is 9.53 Å². The van der Waals surface area contributed by atoms with E-state index >= 15 is 0 Å². The van der Waals surface area contributed by atoms with Crippen molar-refractivity contribution in [1.82, 2.24) is 0 Å². The van der Waals surface area contributed by atoms with Crippen LogP contribution in [0.2, 0.25) is 0 Å². The summed E-state index contributed by atoms with van der Waals surface area (Å²) in [7, 11) is 0. The van der Waals surface area contributed by atoms with Crippen molar-refractivity contribution >= 4 is 5.97 Å². The number of hydrogen-bond donors (Lipinski definition) is 0. The van der Waals surface area contributed by atoms with Crippen LogP contribution in [0.5, 0.6) is 0 Å². The van der Waals surface area contributed by atoms with Gasteiger partial charge in [0, 0.05) is 12.8 Å². The van der Waals surface area contributed by atoms with E-state index in [0.717, 1.165) is 6.92 Å². The third-order valence-electron chi connectivity index (χ3n) is 2.77. The molecule has 2 rings (SSSR count). The Labute approximate surface area is 78.7 Å². The highest BCUT2D eigenvalue weighted by Crippen LogP contribution is 2.58. The van der Waals surface area contributed by atoms with Crippen molar-refractivity contribution in [1.29, 1.82) is 0 Å². The van der Waals surface area contributed by atoms with Crippen LogP contribution in [-0.4, -0.2) is 17.7 Å². The lowest BCUT2D eigenvalue weighted by Gasteiger charge is -2.33. The number of ether oxygens (including phenoxy) is 1. The van der Waals surface area contributed by atoms with Crippen LogP contribution in [0.3, 0.4) is 0 Å². The molecule has 0 heterocycles. The number of halogens is 3. The number of hydrogen-bond acceptors (Lipinski definition) is 2. The molecule has 0 aromatic heterocycles. The average Bonchev–Trinajstić information content (AvgIpc) is 2.54. The van der Waals surface area contributed by atoms with E-state index in [4.69, 9.17) is 0 Å². The van der Waals surface area contributed by atoms with Crippen LogP contribution >= 0.6 is 0 Å². The van der Waals surface area contributed by atoms with Gasteiger partial charge in [-0.1, -0.05) is 12.2 Å². The zero-order valence-corrected chi connectivity index (χ0v) is 7.47. The molecule has 0 aromatic rings. The van der Waals surface area contributed by atoms with Crippen molar-refractivity contribution in [2.45, 2.75) is 25.1 Å². The predicted molar refractivity (Wildman–Crippen MR) is 41.3 cm³/mol. The van der Waals surface area contributed by atoms with Gasteiger partial charge in [0.15, 0.2) is 0 Å². The van der Waals surface area contributed by atoms with Crippen molar-refractivity contribution in [2.75, 3.05) is 0 Å². The molecule has 0 spiro atoms. The number of fused-ring (bicyclic) bond motifs is 2. The van der Waals surface area contributed by atoms with Gasteiger partial charge < -0.3 is 4.74 Å². The molecule has 1 fully saturated rings. The van der Waals surface area contributed by atoms with Gasteiger partial charge in [0.2, 0.25) is 0 Å². The Bertz CT molecular complexity index is 313. The number of esters is 1. The highest BCUT2D eigenvalue weighted by Gasteiger charge is 2.72. The molecule has 0 aliphatic heterocycles. The molecule has 0 amide bonds. The molecule has 0 N–H and O–H groups in total. The third kappa shape index (κ3) is 0.952. The van der Waals surface area contributed by atoms with Crippen LogP contribution in [0.4, 0.5) is 13.2 Å². The monoisotopic (exact) mass is 206 g/mol. The molecule has 0 aromatic carbocycles. The summed E-state index contributed by atoms with van der Waals surface area (Å²) in [5.74, 6) is -9.91. The first-order chi connectivity index (χ1) is 6.38. The fourth-order valence-corrected chi connectivity index (χ4v) is 2.10. The number of rotatable bonds is 1. The summed E-state index contributed by atoms with van der Waals surface area (Å²) in [6, 6.07) is 0. The molecule has 14 heavy (non-hydrogen) atoms. The second-order valence-corrected chi connectivity index (χ2v) is 3.70. The molecule has 5 heteroatoms. The lowest BCUT2D eigenvalue weighted by Crippen LogP contribution is -2.50. The fraction of sp³-hybridized carbons (Fsp3) is 0.667. The summed E-state index contributed by atoms with van der Waals surface area (Å²) in [5, 5.41) is 0. The number of alkyl halides is 3. The molecular formula is C9H9F3O2. The van der Waals surface area contributed by atoms with E-state index in [1.165, 1.54) is 12.2 Å². The van der Waals surface area contributed by atoms with E-state index < -0.39 is 29.6 Å². The molecule has 2 nitrogen and oxygen atoms in total. The summed E-state index contributed by atoms with van der Waals surface area (Å²) in [4.78, 5) is 10.5. The van der Waals surface area contributed by atoms with Crippen LogP contribution in [0.1, 0.15) is 13.3 Å². The van der Waals surface area contributed by atoms with Gasteiger partial charge in [0.25, 0.3) is 0 Å². The maximum absolute atomic E-state index is 13.8. The molecular weight excluding hydrogens is 197 g/mol. The number of allylic oxidation sites excluding steroid dienone is 1. The van der Waals surface area contributed by atoms with E-state index in [1.54, 1.807) is 0 Å². The van der Waals surface area contributed by atoms with Gasteiger partial charge in [-0.15, -0.1) is 0 Å². The minimum Gasteiger partial charge on any atom is -0.421 e. The lowest BCUT2D eigenvalue weighted by atomic mass is 9.97. The van der Waals surface area contributed by atoms with E-state index in [-0.39, 0.29) is 6.42 Å². The Morgan fingerprint density at radius 1 is 1.36 bits per heavy atom. The van der Waals surface area contributed by atoms with Crippen molar-refractivity contribution < 1.29 is 22.7 Å². The smallest absolute Gasteiger partial charge is 0.323 e. The Morgan fingerprint density at radius 3 is 2.36 bits per heavy atom. The van der Waals surface area contributed by atoms with Crippen LogP contribution in [0, 0.1) is 11.8 Å². The van der Waals surface area contributed by atoms with Gasteiger partial charge in [-0.3, -0.25) is 4.79 Å². The Morgan fingerprint density at radius 2 is 1.93 bits per heavy atom. The molecule has 0 saturated heterocycles. The quantitative estimate of drug-likeness (QED) is 0.485. The predicted octanol–water partition coefficient (Wildman–Crippen LogP) is 2.06. The van der Waals surface area contributed by atoms with Gasteiger partial charge >= 0.3 is 17.7 Å². The number of carbonyl (C=O) groups is 1. The van der Waals surface area contributed by atoms with Gasteiger partial charge in [-0.05, 0) is 6.42 Å². The van der Waals surface area contributed by atoms with Crippen molar-refractivity contribution in [3.8, 4) is 0 Å². The first-order valence-electron chi connectivity index (χ1n) is 4.32. The third-order valence-corrected chi connectivity index (χ3v) is 2.77. The second kappa shape index (κ2) is 2.52. The standard InChI is InChI=1S/C9H9F3O2/c1-5(13)14-9(12)7-3-2-6(4-7)8(9,10)11/h2-3,6-7H,4H2,1H3. The fourth-order valence-electron chi connectivity index (χ4n) is 2.10. The molecule has 2 aliphatic carbocycles. The second-order valence-electron chi connectivity index (χ2n) is 3.70. The SMILES string of the molecule is CC(=O)OC1(F)C2C=CC(C2)C1(F)F. The van der Waals surface area contributed by atoms with Gasteiger partial charge in [0.05, 0.1) is 5.92 Å². The van der Waals surface area contributed by atoms with E-state index in [2.05, 4.69) is 4.74 Å². The summed E-state index contributed by atoms with van der Waals surface area (Å²) >= 11 is 0. The first-order valence-corrected chi connectivity index (χ1v) is 4.32. The highest BCUT2D eigenvalue weighted by molar-refractivity contribution is 5.66.